The number of aryl methyl sites for hydroxylation is 2. The normalized spacial score (nSPS) is 10.7. The molecule has 3 heterocycles. The van der Waals surface area contributed by atoms with E-state index in [4.69, 9.17) is 0 Å². The van der Waals surface area contributed by atoms with Gasteiger partial charge in [0.2, 0.25) is 0 Å². The molecular weight excluding hydrogens is 486 g/mol. The first kappa shape index (κ1) is 15.9. The standard InChI is InChI=1S/C16H12N5S.Ir/c1-10-6-7-13(11(2)19-10)21-8-18-20-16(21)12-4-3-5-14-15(12)17-9-22-14;/h3,5-9H,1-2H3;/q-1;. The minimum atomic E-state index is 0. The molecule has 23 heavy (non-hydrogen) atoms. The molecule has 0 bridgehead atoms. The smallest absolute Gasteiger partial charge is 0.115 e. The maximum atomic E-state index is 4.52. The van der Waals surface area contributed by atoms with Crippen LogP contribution in [0.3, 0.4) is 0 Å². The Balaban J connectivity index is 0.00000156. The summed E-state index contributed by atoms with van der Waals surface area (Å²) >= 11 is 1.60. The van der Waals surface area contributed by atoms with E-state index in [1.807, 2.05) is 48.2 Å². The van der Waals surface area contributed by atoms with Crippen LogP contribution in [0.5, 0.6) is 0 Å². The minimum absolute atomic E-state index is 0. The van der Waals surface area contributed by atoms with Gasteiger partial charge in [0, 0.05) is 31.3 Å². The number of hydrogen-bond acceptors (Lipinski definition) is 5. The van der Waals surface area contributed by atoms with Crippen LogP contribution in [0, 0.1) is 19.9 Å². The van der Waals surface area contributed by atoms with E-state index < -0.39 is 0 Å². The van der Waals surface area contributed by atoms with Gasteiger partial charge in [-0.05, 0) is 30.7 Å². The molecule has 117 valence electrons. The number of benzene rings is 1. The zero-order valence-corrected chi connectivity index (χ0v) is 15.7. The summed E-state index contributed by atoms with van der Waals surface area (Å²) in [7, 11) is 0. The van der Waals surface area contributed by atoms with E-state index in [1.54, 1.807) is 17.7 Å². The van der Waals surface area contributed by atoms with Gasteiger partial charge < -0.3 is 4.57 Å². The summed E-state index contributed by atoms with van der Waals surface area (Å²) in [6.07, 6.45) is 1.70. The van der Waals surface area contributed by atoms with Crippen molar-refractivity contribution in [1.29, 1.82) is 0 Å². The van der Waals surface area contributed by atoms with E-state index in [2.05, 4.69) is 26.2 Å². The molecule has 0 aliphatic rings. The maximum absolute atomic E-state index is 4.52. The van der Waals surface area contributed by atoms with Crippen molar-refractivity contribution in [1.82, 2.24) is 24.7 Å². The third kappa shape index (κ3) is 2.71. The third-order valence-corrected chi connectivity index (χ3v) is 4.32. The van der Waals surface area contributed by atoms with Gasteiger partial charge in [0.05, 0.1) is 22.7 Å². The van der Waals surface area contributed by atoms with E-state index in [-0.39, 0.29) is 20.1 Å². The van der Waals surface area contributed by atoms with Crippen LogP contribution < -0.4 is 0 Å². The van der Waals surface area contributed by atoms with E-state index in [0.717, 1.165) is 38.7 Å². The molecule has 0 fully saturated rings. The molecule has 0 saturated carbocycles. The molecule has 1 aromatic carbocycles. The molecule has 0 N–H and O–H groups in total. The Morgan fingerprint density at radius 2 is 2.04 bits per heavy atom. The molecule has 0 atom stereocenters. The number of aromatic nitrogens is 5. The molecule has 0 amide bonds. The average Bonchev–Trinajstić information content (AvgIpc) is 3.15. The molecule has 0 saturated heterocycles. The Bertz CT molecular complexity index is 975. The Morgan fingerprint density at radius 3 is 2.87 bits per heavy atom. The Labute approximate surface area is 150 Å². The number of rotatable bonds is 2. The first-order chi connectivity index (χ1) is 10.7. The van der Waals surface area contributed by atoms with Crippen LogP contribution >= 0.6 is 11.3 Å². The number of hydrogen-bond donors (Lipinski definition) is 0. The summed E-state index contributed by atoms with van der Waals surface area (Å²) in [6.45, 7) is 3.97. The molecular formula is C16H12IrN5S-. The Morgan fingerprint density at radius 1 is 1.17 bits per heavy atom. The molecule has 1 radical (unpaired) electrons. The molecule has 0 aliphatic heterocycles. The molecule has 0 aliphatic carbocycles. The molecule has 7 heteroatoms. The topological polar surface area (TPSA) is 56.5 Å². The summed E-state index contributed by atoms with van der Waals surface area (Å²) in [4.78, 5) is 8.95. The van der Waals surface area contributed by atoms with E-state index >= 15 is 0 Å². The van der Waals surface area contributed by atoms with Gasteiger partial charge >= 0.3 is 0 Å². The number of nitrogens with zero attached hydrogens (tertiary/aromatic N) is 5. The quantitative estimate of drug-likeness (QED) is 0.398. The molecule has 3 aromatic heterocycles. The zero-order valence-electron chi connectivity index (χ0n) is 12.4. The number of fused-ring (bicyclic) bond motifs is 1. The van der Waals surface area contributed by atoms with Gasteiger partial charge in [-0.3, -0.25) is 9.97 Å². The first-order valence-corrected chi connectivity index (χ1v) is 7.71. The Kier molecular flexibility index (Phi) is 4.35. The van der Waals surface area contributed by atoms with Crippen LogP contribution in [0.25, 0.3) is 27.3 Å². The van der Waals surface area contributed by atoms with Crippen LogP contribution in [0.15, 0.2) is 36.1 Å². The van der Waals surface area contributed by atoms with Crippen LogP contribution in [-0.4, -0.2) is 24.7 Å². The van der Waals surface area contributed by atoms with E-state index in [1.165, 1.54) is 0 Å². The van der Waals surface area contributed by atoms with Crippen molar-refractivity contribution in [3.8, 4) is 17.1 Å². The van der Waals surface area contributed by atoms with Crippen molar-refractivity contribution in [2.45, 2.75) is 13.8 Å². The van der Waals surface area contributed by atoms with Crippen molar-refractivity contribution in [2.75, 3.05) is 0 Å². The van der Waals surface area contributed by atoms with Crippen LogP contribution in [0.1, 0.15) is 11.4 Å². The molecule has 4 aromatic rings. The van der Waals surface area contributed by atoms with Crippen LogP contribution in [0.2, 0.25) is 0 Å². The summed E-state index contributed by atoms with van der Waals surface area (Å²) in [5, 5.41) is 8.35. The van der Waals surface area contributed by atoms with Crippen molar-refractivity contribution in [3.63, 3.8) is 0 Å². The van der Waals surface area contributed by atoms with E-state index in [0.29, 0.717) is 0 Å². The van der Waals surface area contributed by atoms with Crippen LogP contribution in [-0.2, 0) is 20.1 Å². The molecule has 0 unspecified atom stereocenters. The van der Waals surface area contributed by atoms with Gasteiger partial charge in [-0.25, -0.2) is 0 Å². The molecule has 0 spiro atoms. The largest absolute Gasteiger partial charge is 0.321 e. The summed E-state index contributed by atoms with van der Waals surface area (Å²) in [5.41, 5.74) is 6.49. The fourth-order valence-electron chi connectivity index (χ4n) is 2.52. The van der Waals surface area contributed by atoms with Gasteiger partial charge in [0.1, 0.15) is 6.33 Å². The van der Waals surface area contributed by atoms with Crippen molar-refractivity contribution >= 4 is 21.6 Å². The fourth-order valence-corrected chi connectivity index (χ4v) is 3.20. The second-order valence-corrected chi connectivity index (χ2v) is 5.89. The predicted molar refractivity (Wildman–Crippen MR) is 86.1 cm³/mol. The molecule has 4 rings (SSSR count). The van der Waals surface area contributed by atoms with Crippen molar-refractivity contribution in [2.24, 2.45) is 0 Å². The van der Waals surface area contributed by atoms with E-state index in [9.17, 15) is 0 Å². The predicted octanol–water partition coefficient (Wildman–Crippen LogP) is 3.35. The third-order valence-electron chi connectivity index (χ3n) is 3.52. The second-order valence-electron chi connectivity index (χ2n) is 5.00. The summed E-state index contributed by atoms with van der Waals surface area (Å²) in [6, 6.07) is 11.2. The number of pyridine rings is 1. The van der Waals surface area contributed by atoms with Gasteiger partial charge in [-0.2, -0.15) is 5.10 Å². The first-order valence-electron chi connectivity index (χ1n) is 6.83. The number of thiazole rings is 1. The van der Waals surface area contributed by atoms with Crippen molar-refractivity contribution < 1.29 is 20.1 Å². The zero-order chi connectivity index (χ0) is 15.1. The Hall–Kier alpha value is -1.95. The van der Waals surface area contributed by atoms with Gasteiger partial charge in [-0.15, -0.1) is 34.6 Å². The monoisotopic (exact) mass is 499 g/mol. The summed E-state index contributed by atoms with van der Waals surface area (Å²) in [5.74, 6) is 0.727. The van der Waals surface area contributed by atoms with Crippen LogP contribution in [0.4, 0.5) is 0 Å². The average molecular weight is 499 g/mol. The fraction of sp³-hybridized carbons (Fsp3) is 0.125. The summed E-state index contributed by atoms with van der Waals surface area (Å²) < 4.78 is 3.05. The van der Waals surface area contributed by atoms with Crippen molar-refractivity contribution in [3.05, 3.63) is 53.6 Å². The SMILES string of the molecule is Cc1ccc(-n2cnnc2-c2[c-]ccc3scnc23)c(C)n1.[Ir]. The van der Waals surface area contributed by atoms with Gasteiger partial charge in [-0.1, -0.05) is 5.56 Å². The van der Waals surface area contributed by atoms with Gasteiger partial charge in [0.25, 0.3) is 0 Å². The maximum Gasteiger partial charge on any atom is 0.115 e. The molecule has 5 nitrogen and oxygen atoms in total. The van der Waals surface area contributed by atoms with Gasteiger partial charge in [0.15, 0.2) is 0 Å². The second kappa shape index (κ2) is 6.28. The minimum Gasteiger partial charge on any atom is -0.321 e.